The number of hydrogen-bond acceptors (Lipinski definition) is 7. The van der Waals surface area contributed by atoms with Crippen molar-refractivity contribution in [2.75, 3.05) is 31.2 Å². The molecule has 0 amide bonds. The first-order valence-electron chi connectivity index (χ1n) is 6.05. The van der Waals surface area contributed by atoms with Crippen molar-refractivity contribution in [1.29, 1.82) is 5.26 Å². The van der Waals surface area contributed by atoms with E-state index in [0.717, 1.165) is 25.9 Å². The average Bonchev–Trinajstić information content (AvgIpc) is 2.75. The van der Waals surface area contributed by atoms with Crippen molar-refractivity contribution >= 4 is 28.0 Å². The van der Waals surface area contributed by atoms with Crippen LogP contribution in [0.2, 0.25) is 0 Å². The quantitative estimate of drug-likeness (QED) is 0.718. The number of thiophene rings is 1. The van der Waals surface area contributed by atoms with Gasteiger partial charge in [-0.1, -0.05) is 0 Å². The normalized spacial score (nSPS) is 15.8. The second-order valence-electron chi connectivity index (χ2n) is 4.32. The Morgan fingerprint density at radius 1 is 1.58 bits per heavy atom. The van der Waals surface area contributed by atoms with Crippen LogP contribution in [-0.4, -0.2) is 32.2 Å². The molecule has 102 valence electrons. The number of nitrogens with two attached hydrogens (primary N) is 1. The van der Waals surface area contributed by atoms with Gasteiger partial charge in [-0.25, -0.2) is 4.79 Å². The van der Waals surface area contributed by atoms with Gasteiger partial charge in [-0.05, 0) is 25.9 Å². The number of esters is 1. The molecule has 1 aromatic rings. The molecule has 0 unspecified atom stereocenters. The third-order valence-electron chi connectivity index (χ3n) is 3.10. The van der Waals surface area contributed by atoms with Crippen LogP contribution in [-0.2, 0) is 4.74 Å². The molecule has 1 fully saturated rings. The molecule has 0 aliphatic carbocycles. The van der Waals surface area contributed by atoms with Gasteiger partial charge in [-0.2, -0.15) is 5.26 Å². The predicted octanol–water partition coefficient (Wildman–Crippen LogP) is 1.15. The Morgan fingerprint density at radius 2 is 2.26 bits per heavy atom. The molecule has 1 saturated heterocycles. The topological polar surface area (TPSA) is 100 Å². The fraction of sp³-hybridized carbons (Fsp3) is 0.500. The van der Waals surface area contributed by atoms with Gasteiger partial charge in [0.25, 0.3) is 0 Å². The van der Waals surface area contributed by atoms with Crippen molar-refractivity contribution in [2.45, 2.75) is 18.9 Å². The Bertz CT molecular complexity index is 515. The second kappa shape index (κ2) is 5.91. The molecule has 2 heterocycles. The molecule has 1 aliphatic rings. The monoisotopic (exact) mass is 280 g/mol. The minimum atomic E-state index is -0.502. The summed E-state index contributed by atoms with van der Waals surface area (Å²) in [6, 6.07) is 2.35. The maximum absolute atomic E-state index is 11.6. The van der Waals surface area contributed by atoms with Gasteiger partial charge in [0, 0.05) is 6.04 Å². The maximum Gasteiger partial charge on any atom is 0.350 e. The highest BCUT2D eigenvalue weighted by Crippen LogP contribution is 2.36. The minimum absolute atomic E-state index is 0.204. The zero-order valence-electron chi connectivity index (χ0n) is 10.7. The van der Waals surface area contributed by atoms with Crippen LogP contribution >= 0.6 is 11.3 Å². The highest BCUT2D eigenvalue weighted by atomic mass is 32.1. The Morgan fingerprint density at radius 3 is 2.84 bits per heavy atom. The third-order valence-corrected chi connectivity index (χ3v) is 4.22. The third kappa shape index (κ3) is 2.80. The second-order valence-corrected chi connectivity index (χ2v) is 5.34. The van der Waals surface area contributed by atoms with E-state index in [1.54, 1.807) is 0 Å². The molecule has 7 heteroatoms. The first-order valence-corrected chi connectivity index (χ1v) is 6.87. The lowest BCUT2D eigenvalue weighted by molar-refractivity contribution is 0.0607. The molecule has 6 nitrogen and oxygen atoms in total. The zero-order valence-corrected chi connectivity index (χ0v) is 11.5. The van der Waals surface area contributed by atoms with E-state index in [2.05, 4.69) is 21.4 Å². The lowest BCUT2D eigenvalue weighted by atomic mass is 10.1. The molecule has 0 radical (unpaired) electrons. The van der Waals surface area contributed by atoms with E-state index in [1.165, 1.54) is 18.4 Å². The molecule has 0 atom stereocenters. The van der Waals surface area contributed by atoms with Crippen LogP contribution in [0.3, 0.4) is 0 Å². The number of nitrogens with one attached hydrogen (secondary N) is 2. The number of methoxy groups -OCH3 is 1. The van der Waals surface area contributed by atoms with E-state index < -0.39 is 5.97 Å². The number of hydrogen-bond donors (Lipinski definition) is 3. The Labute approximate surface area is 115 Å². The summed E-state index contributed by atoms with van der Waals surface area (Å²) < 4.78 is 4.66. The molecule has 0 aromatic carbocycles. The van der Waals surface area contributed by atoms with E-state index in [0.29, 0.717) is 16.6 Å². The van der Waals surface area contributed by atoms with Gasteiger partial charge in [0.1, 0.15) is 21.5 Å². The number of anilines is 2. The lowest BCUT2D eigenvalue weighted by Crippen LogP contribution is -2.35. The molecule has 1 aliphatic heterocycles. The van der Waals surface area contributed by atoms with E-state index in [9.17, 15) is 4.79 Å². The van der Waals surface area contributed by atoms with Crippen LogP contribution in [0.4, 0.5) is 10.7 Å². The van der Waals surface area contributed by atoms with Crippen LogP contribution in [0.5, 0.6) is 0 Å². The number of rotatable bonds is 3. The molecule has 0 saturated carbocycles. The fourth-order valence-corrected chi connectivity index (χ4v) is 3.12. The molecule has 19 heavy (non-hydrogen) atoms. The van der Waals surface area contributed by atoms with Gasteiger partial charge >= 0.3 is 5.97 Å². The van der Waals surface area contributed by atoms with Crippen molar-refractivity contribution in [3.05, 3.63) is 10.4 Å². The molecular formula is C12H16N4O2S. The summed E-state index contributed by atoms with van der Waals surface area (Å²) in [7, 11) is 1.30. The number of nitrogen functional groups attached to an aromatic ring is 1. The van der Waals surface area contributed by atoms with Crippen LogP contribution in [0, 0.1) is 11.3 Å². The number of carbonyl (C=O) groups is 1. The van der Waals surface area contributed by atoms with Crippen LogP contribution in [0.25, 0.3) is 0 Å². The average molecular weight is 280 g/mol. The van der Waals surface area contributed by atoms with Crippen LogP contribution in [0.15, 0.2) is 0 Å². The van der Waals surface area contributed by atoms with E-state index in [-0.39, 0.29) is 10.6 Å². The molecule has 0 spiro atoms. The number of nitriles is 1. The summed E-state index contributed by atoms with van der Waals surface area (Å²) in [6.45, 7) is 1.90. The van der Waals surface area contributed by atoms with Crippen LogP contribution in [0.1, 0.15) is 28.1 Å². The van der Waals surface area contributed by atoms with Gasteiger partial charge < -0.3 is 21.1 Å². The summed E-state index contributed by atoms with van der Waals surface area (Å²) in [5.74, 6) is -0.502. The number of carbonyl (C=O) groups excluding carboxylic acids is 1. The van der Waals surface area contributed by atoms with Crippen molar-refractivity contribution in [1.82, 2.24) is 5.32 Å². The summed E-state index contributed by atoms with van der Waals surface area (Å²) in [6.07, 6.45) is 1.96. The molecular weight excluding hydrogens is 264 g/mol. The highest BCUT2D eigenvalue weighted by molar-refractivity contribution is 7.18. The number of piperidine rings is 1. The fourth-order valence-electron chi connectivity index (χ4n) is 2.05. The van der Waals surface area contributed by atoms with Gasteiger partial charge in [0.05, 0.1) is 12.8 Å². The number of ether oxygens (including phenoxy) is 1. The van der Waals surface area contributed by atoms with E-state index in [4.69, 9.17) is 11.0 Å². The summed E-state index contributed by atoms with van der Waals surface area (Å²) >= 11 is 1.18. The lowest BCUT2D eigenvalue weighted by Gasteiger charge is -2.24. The minimum Gasteiger partial charge on any atom is -0.465 e. The van der Waals surface area contributed by atoms with Gasteiger partial charge in [0.15, 0.2) is 0 Å². The van der Waals surface area contributed by atoms with E-state index in [1.807, 2.05) is 0 Å². The van der Waals surface area contributed by atoms with Crippen molar-refractivity contribution in [3.8, 4) is 6.07 Å². The molecule has 0 bridgehead atoms. The largest absolute Gasteiger partial charge is 0.465 e. The van der Waals surface area contributed by atoms with Gasteiger partial charge in [-0.15, -0.1) is 11.3 Å². The van der Waals surface area contributed by atoms with Crippen LogP contribution < -0.4 is 16.4 Å². The van der Waals surface area contributed by atoms with Crippen molar-refractivity contribution in [3.63, 3.8) is 0 Å². The molecule has 1 aromatic heterocycles. The van der Waals surface area contributed by atoms with Gasteiger partial charge in [0.2, 0.25) is 0 Å². The first kappa shape index (κ1) is 13.6. The highest BCUT2D eigenvalue weighted by Gasteiger charge is 2.23. The van der Waals surface area contributed by atoms with Crippen molar-refractivity contribution < 1.29 is 9.53 Å². The smallest absolute Gasteiger partial charge is 0.350 e. The Balaban J connectivity index is 2.24. The summed E-state index contributed by atoms with van der Waals surface area (Å²) in [5.41, 5.74) is 6.37. The Hall–Kier alpha value is -1.78. The summed E-state index contributed by atoms with van der Waals surface area (Å²) in [4.78, 5) is 11.9. The SMILES string of the molecule is COC(=O)c1sc(NC2CCNCC2)c(C#N)c1N. The summed E-state index contributed by atoms with van der Waals surface area (Å²) in [5, 5.41) is 16.4. The van der Waals surface area contributed by atoms with E-state index >= 15 is 0 Å². The number of nitrogens with zero attached hydrogens (tertiary/aromatic N) is 1. The Kier molecular flexibility index (Phi) is 4.24. The first-order chi connectivity index (χ1) is 9.17. The molecule has 4 N–H and O–H groups in total. The predicted molar refractivity (Wildman–Crippen MR) is 74.3 cm³/mol. The standard InChI is InChI=1S/C12H16N4O2S/c1-18-12(17)10-9(14)8(6-13)11(19-10)16-7-2-4-15-5-3-7/h7,15-16H,2-5,14H2,1H3. The maximum atomic E-state index is 11.6. The zero-order chi connectivity index (χ0) is 13.8. The molecule has 2 rings (SSSR count). The van der Waals surface area contributed by atoms with Crippen molar-refractivity contribution in [2.24, 2.45) is 0 Å². The van der Waals surface area contributed by atoms with Gasteiger partial charge in [-0.3, -0.25) is 0 Å².